The minimum atomic E-state index is -0.555. The summed E-state index contributed by atoms with van der Waals surface area (Å²) in [6.07, 6.45) is 1.25. The Kier molecular flexibility index (Phi) is 7.17. The Hall–Kier alpha value is -3.07. The van der Waals surface area contributed by atoms with E-state index in [0.717, 1.165) is 50.6 Å². The molecule has 0 saturated carbocycles. The number of hydrogen-bond donors (Lipinski definition) is 1. The molecule has 9 heteroatoms. The van der Waals surface area contributed by atoms with Crippen LogP contribution in [0.4, 0.5) is 11.5 Å². The van der Waals surface area contributed by atoms with E-state index < -0.39 is 6.04 Å². The molecule has 0 spiro atoms. The average molecular weight is 455 g/mol. The molecule has 1 N–H and O–H groups in total. The number of aryl methyl sites for hydroxylation is 2. The fourth-order valence-electron chi connectivity index (χ4n) is 4.56. The highest BCUT2D eigenvalue weighted by atomic mass is 16.5. The molecule has 33 heavy (non-hydrogen) atoms. The maximum absolute atomic E-state index is 12.7. The zero-order valence-electron chi connectivity index (χ0n) is 19.8. The quantitative estimate of drug-likeness (QED) is 0.611. The summed E-state index contributed by atoms with van der Waals surface area (Å²) in [7, 11) is 1.68. The molecule has 3 heterocycles. The smallest absolute Gasteiger partial charge is 0.242 e. The van der Waals surface area contributed by atoms with Gasteiger partial charge in [-0.15, -0.1) is 0 Å². The van der Waals surface area contributed by atoms with Gasteiger partial charge in [-0.05, 0) is 51.1 Å². The van der Waals surface area contributed by atoms with Crippen LogP contribution in [-0.2, 0) is 16.1 Å². The third-order valence-corrected chi connectivity index (χ3v) is 6.46. The number of carbonyl (C=O) groups excluding carboxylic acids is 2. The molecule has 0 unspecified atom stereocenters. The number of nitrogens with one attached hydrogen (secondary N) is 1. The summed E-state index contributed by atoms with van der Waals surface area (Å²) in [5.41, 5.74) is 2.07. The van der Waals surface area contributed by atoms with Crippen LogP contribution >= 0.6 is 0 Å². The largest absolute Gasteiger partial charge is 0.497 e. The highest BCUT2D eigenvalue weighted by Crippen LogP contribution is 2.25. The Bertz CT molecular complexity index is 965. The SMILES string of the molecule is COc1ccc(N2CCN(CCCNC(=O)[C@H](C)N3C(=O)CCn4nc(C)cc43)CC2)cc1. The van der Waals surface area contributed by atoms with E-state index in [1.807, 2.05) is 29.8 Å². The van der Waals surface area contributed by atoms with E-state index in [9.17, 15) is 9.59 Å². The summed E-state index contributed by atoms with van der Waals surface area (Å²) in [5.74, 6) is 1.43. The first-order valence-electron chi connectivity index (χ1n) is 11.7. The van der Waals surface area contributed by atoms with Gasteiger partial charge in [0.25, 0.3) is 0 Å². The Labute approximate surface area is 195 Å². The minimum Gasteiger partial charge on any atom is -0.497 e. The van der Waals surface area contributed by atoms with Crippen LogP contribution in [-0.4, -0.2) is 78.9 Å². The van der Waals surface area contributed by atoms with Crippen LogP contribution in [0.2, 0.25) is 0 Å². The van der Waals surface area contributed by atoms with Crippen molar-refractivity contribution in [1.29, 1.82) is 0 Å². The van der Waals surface area contributed by atoms with Gasteiger partial charge in [0.1, 0.15) is 17.6 Å². The first-order valence-corrected chi connectivity index (χ1v) is 11.7. The summed E-state index contributed by atoms with van der Waals surface area (Å²) in [4.78, 5) is 31.6. The lowest BCUT2D eigenvalue weighted by atomic mass is 10.2. The molecule has 1 atom stereocenters. The highest BCUT2D eigenvalue weighted by Gasteiger charge is 2.33. The second-order valence-electron chi connectivity index (χ2n) is 8.73. The molecule has 0 aliphatic carbocycles. The van der Waals surface area contributed by atoms with E-state index in [1.54, 1.807) is 18.9 Å². The van der Waals surface area contributed by atoms with E-state index in [1.165, 1.54) is 5.69 Å². The molecule has 1 fully saturated rings. The topological polar surface area (TPSA) is 82.9 Å². The van der Waals surface area contributed by atoms with Gasteiger partial charge in [0.15, 0.2) is 0 Å². The van der Waals surface area contributed by atoms with E-state index in [2.05, 4.69) is 32.3 Å². The molecule has 4 rings (SSSR count). The van der Waals surface area contributed by atoms with Crippen molar-refractivity contribution in [2.45, 2.75) is 39.3 Å². The normalized spacial score (nSPS) is 17.6. The van der Waals surface area contributed by atoms with E-state index in [-0.39, 0.29) is 11.8 Å². The molecule has 9 nitrogen and oxygen atoms in total. The molecule has 2 aromatic rings. The van der Waals surface area contributed by atoms with Crippen molar-refractivity contribution < 1.29 is 14.3 Å². The van der Waals surface area contributed by atoms with Crippen LogP contribution in [0.1, 0.15) is 25.5 Å². The fourth-order valence-corrected chi connectivity index (χ4v) is 4.56. The van der Waals surface area contributed by atoms with Crippen LogP contribution < -0.4 is 19.9 Å². The van der Waals surface area contributed by atoms with Crippen molar-refractivity contribution in [3.05, 3.63) is 36.0 Å². The number of methoxy groups -OCH3 is 1. The number of carbonyl (C=O) groups is 2. The fraction of sp³-hybridized carbons (Fsp3) is 0.542. The van der Waals surface area contributed by atoms with E-state index in [0.29, 0.717) is 25.3 Å². The van der Waals surface area contributed by atoms with Crippen molar-refractivity contribution in [3.8, 4) is 5.75 Å². The lowest BCUT2D eigenvalue weighted by Gasteiger charge is -2.36. The number of fused-ring (bicyclic) bond motifs is 1. The second-order valence-corrected chi connectivity index (χ2v) is 8.73. The van der Waals surface area contributed by atoms with Crippen molar-refractivity contribution >= 4 is 23.3 Å². The predicted molar refractivity (Wildman–Crippen MR) is 128 cm³/mol. The number of aromatic nitrogens is 2. The van der Waals surface area contributed by atoms with Gasteiger partial charge in [-0.3, -0.25) is 19.4 Å². The molecule has 0 bridgehead atoms. The summed E-state index contributed by atoms with van der Waals surface area (Å²) in [6.45, 7) is 9.77. The van der Waals surface area contributed by atoms with Gasteiger partial charge in [0.2, 0.25) is 11.8 Å². The number of piperazine rings is 1. The molecular formula is C24H34N6O3. The number of nitrogens with zero attached hydrogens (tertiary/aromatic N) is 5. The lowest BCUT2D eigenvalue weighted by Crippen LogP contribution is -2.51. The first kappa shape index (κ1) is 23.1. The Morgan fingerprint density at radius 1 is 1.15 bits per heavy atom. The van der Waals surface area contributed by atoms with Gasteiger partial charge in [-0.1, -0.05) is 0 Å². The molecular weight excluding hydrogens is 420 g/mol. The minimum absolute atomic E-state index is 0.0280. The predicted octanol–water partition coefficient (Wildman–Crippen LogP) is 1.65. The zero-order chi connectivity index (χ0) is 23.4. The van der Waals surface area contributed by atoms with Gasteiger partial charge in [-0.25, -0.2) is 4.68 Å². The molecule has 1 aromatic heterocycles. The van der Waals surface area contributed by atoms with Gasteiger partial charge in [0, 0.05) is 50.9 Å². The molecule has 1 saturated heterocycles. The third-order valence-electron chi connectivity index (χ3n) is 6.46. The van der Waals surface area contributed by atoms with Crippen molar-refractivity contribution in [2.75, 3.05) is 56.2 Å². The van der Waals surface area contributed by atoms with Gasteiger partial charge >= 0.3 is 0 Å². The van der Waals surface area contributed by atoms with E-state index in [4.69, 9.17) is 4.74 Å². The van der Waals surface area contributed by atoms with Crippen LogP contribution in [0, 0.1) is 6.92 Å². The van der Waals surface area contributed by atoms with Gasteiger partial charge < -0.3 is 15.0 Å². The van der Waals surface area contributed by atoms with E-state index >= 15 is 0 Å². The summed E-state index contributed by atoms with van der Waals surface area (Å²) in [6, 6.07) is 9.52. The van der Waals surface area contributed by atoms with Crippen molar-refractivity contribution in [3.63, 3.8) is 0 Å². The molecule has 178 valence electrons. The summed E-state index contributed by atoms with van der Waals surface area (Å²) in [5, 5.41) is 7.43. The number of anilines is 2. The number of hydrogen-bond acceptors (Lipinski definition) is 6. The first-order chi connectivity index (χ1) is 16.0. The highest BCUT2D eigenvalue weighted by molar-refractivity contribution is 6.00. The van der Waals surface area contributed by atoms with Crippen molar-refractivity contribution in [1.82, 2.24) is 20.0 Å². The average Bonchev–Trinajstić information content (AvgIpc) is 3.22. The summed E-state index contributed by atoms with van der Waals surface area (Å²) < 4.78 is 7.05. The van der Waals surface area contributed by atoms with Crippen molar-refractivity contribution in [2.24, 2.45) is 0 Å². The number of amides is 2. The molecule has 2 aliphatic heterocycles. The van der Waals surface area contributed by atoms with Gasteiger partial charge in [0.05, 0.1) is 19.3 Å². The van der Waals surface area contributed by atoms with Crippen LogP contribution in [0.25, 0.3) is 0 Å². The van der Waals surface area contributed by atoms with Gasteiger partial charge in [-0.2, -0.15) is 5.10 Å². The Morgan fingerprint density at radius 3 is 2.58 bits per heavy atom. The maximum atomic E-state index is 12.7. The Morgan fingerprint density at radius 2 is 1.88 bits per heavy atom. The molecule has 2 amide bonds. The monoisotopic (exact) mass is 454 g/mol. The number of ether oxygens (including phenoxy) is 1. The molecule has 2 aliphatic rings. The maximum Gasteiger partial charge on any atom is 0.242 e. The summed E-state index contributed by atoms with van der Waals surface area (Å²) >= 11 is 0. The number of benzene rings is 1. The standard InChI is InChI=1S/C24H34N6O3/c1-18-17-22-29(26-18)12-9-23(31)30(22)19(2)24(32)25-10-4-11-27-13-15-28(16-14-27)20-5-7-21(33-3)8-6-20/h5-8,17,19H,4,9-16H2,1-3H3,(H,25,32)/t19-/m0/s1. The van der Waals surface area contributed by atoms with Crippen LogP contribution in [0.15, 0.2) is 30.3 Å². The third kappa shape index (κ3) is 5.30. The Balaban J connectivity index is 1.19. The zero-order valence-corrected chi connectivity index (χ0v) is 19.8. The molecule has 0 radical (unpaired) electrons. The molecule has 1 aromatic carbocycles. The second kappa shape index (κ2) is 10.2. The lowest BCUT2D eigenvalue weighted by molar-refractivity contribution is -0.126. The number of rotatable bonds is 8. The van der Waals surface area contributed by atoms with Crippen LogP contribution in [0.3, 0.4) is 0 Å². The van der Waals surface area contributed by atoms with Crippen LogP contribution in [0.5, 0.6) is 5.75 Å².